The fourth-order valence-corrected chi connectivity index (χ4v) is 6.90. The summed E-state index contributed by atoms with van der Waals surface area (Å²) in [7, 11) is 0. The molecule has 0 bridgehead atoms. The van der Waals surface area contributed by atoms with Crippen LogP contribution in [0.4, 0.5) is 27.8 Å². The Bertz CT molecular complexity index is 1600. The number of alkyl halides is 5. The number of anilines is 1. The zero-order valence-corrected chi connectivity index (χ0v) is 26.2. The highest BCUT2D eigenvalue weighted by Crippen LogP contribution is 2.41. The molecule has 1 aliphatic carbocycles. The first-order valence-electron chi connectivity index (χ1n) is 16.1. The fourth-order valence-electron chi connectivity index (χ4n) is 6.90. The van der Waals surface area contributed by atoms with E-state index in [9.17, 15) is 31.5 Å². The summed E-state index contributed by atoms with van der Waals surface area (Å²) in [6, 6.07) is 0.929. The van der Waals surface area contributed by atoms with Crippen molar-refractivity contribution < 1.29 is 31.5 Å². The average Bonchev–Trinajstić information content (AvgIpc) is 3.67. The number of rotatable bonds is 8. The van der Waals surface area contributed by atoms with Crippen LogP contribution in [0.3, 0.4) is 0 Å². The molecule has 3 fully saturated rings. The van der Waals surface area contributed by atoms with E-state index in [1.165, 1.54) is 15.4 Å². The summed E-state index contributed by atoms with van der Waals surface area (Å²) in [5.41, 5.74) is 1.04. The van der Waals surface area contributed by atoms with E-state index < -0.39 is 48.3 Å². The van der Waals surface area contributed by atoms with E-state index in [1.54, 1.807) is 12.3 Å². The fraction of sp³-hybridized carbons (Fsp3) is 0.667. The Morgan fingerprint density at radius 2 is 1.98 bits per heavy atom. The number of hydrogen-bond acceptors (Lipinski definition) is 8. The van der Waals surface area contributed by atoms with Crippen LogP contribution in [0.1, 0.15) is 73.9 Å². The summed E-state index contributed by atoms with van der Waals surface area (Å²) in [6.45, 7) is 5.58. The zero-order valence-electron chi connectivity index (χ0n) is 26.2. The van der Waals surface area contributed by atoms with Crippen molar-refractivity contribution >= 4 is 23.4 Å². The summed E-state index contributed by atoms with van der Waals surface area (Å²) >= 11 is 0. The van der Waals surface area contributed by atoms with E-state index >= 15 is 0 Å². The van der Waals surface area contributed by atoms with Gasteiger partial charge in [-0.05, 0) is 45.1 Å². The quantitative estimate of drug-likeness (QED) is 0.312. The zero-order chi connectivity index (χ0) is 33.5. The van der Waals surface area contributed by atoms with E-state index in [0.29, 0.717) is 49.1 Å². The van der Waals surface area contributed by atoms with Gasteiger partial charge in [-0.3, -0.25) is 14.3 Å². The van der Waals surface area contributed by atoms with Crippen LogP contribution in [0.5, 0.6) is 0 Å². The number of imidazole rings is 1. The molecule has 3 aliphatic rings. The highest BCUT2D eigenvalue weighted by Gasteiger charge is 2.45. The number of aryl methyl sites for hydroxylation is 1. The van der Waals surface area contributed by atoms with Crippen LogP contribution in [0, 0.1) is 17.8 Å². The van der Waals surface area contributed by atoms with Gasteiger partial charge in [0.05, 0.1) is 23.9 Å². The normalized spacial score (nSPS) is 24.7. The molecule has 3 N–H and O–H groups in total. The second kappa shape index (κ2) is 13.0. The highest BCUT2D eigenvalue weighted by atomic mass is 19.4. The molecule has 12 nitrogen and oxygen atoms in total. The molecular formula is C30H39F5N10O2. The molecule has 5 heterocycles. The van der Waals surface area contributed by atoms with Gasteiger partial charge in [-0.15, -0.1) is 0 Å². The van der Waals surface area contributed by atoms with Crippen molar-refractivity contribution in [3.63, 3.8) is 0 Å². The second-order valence-electron chi connectivity index (χ2n) is 12.9. The number of hydrogen-bond donors (Lipinski definition) is 3. The third kappa shape index (κ3) is 7.18. The van der Waals surface area contributed by atoms with Crippen LogP contribution in [0.2, 0.25) is 0 Å². The molecule has 2 aliphatic heterocycles. The molecule has 0 spiro atoms. The Morgan fingerprint density at radius 3 is 2.68 bits per heavy atom. The van der Waals surface area contributed by atoms with Crippen LogP contribution in [-0.4, -0.2) is 85.5 Å². The molecule has 2 saturated heterocycles. The van der Waals surface area contributed by atoms with E-state index in [4.69, 9.17) is 15.1 Å². The lowest BCUT2D eigenvalue weighted by Crippen LogP contribution is -2.50. The third-order valence-electron chi connectivity index (χ3n) is 9.50. The van der Waals surface area contributed by atoms with Crippen LogP contribution in [-0.2, 0) is 17.8 Å². The Morgan fingerprint density at radius 1 is 1.21 bits per heavy atom. The molecule has 6 rings (SSSR count). The molecule has 256 valence electrons. The number of carbonyl (C=O) groups is 2. The SMILES string of the molecule is CCn1nccc1C(=O)N[C@H](c1cn2nc(C[C@H]3C[C@@H](C(F)(F)F)CNC3=O)c(N3CCN[C@@H](C)C3)nc2n1)C1CCC(F)(F)CC1. The van der Waals surface area contributed by atoms with Gasteiger partial charge in [0.1, 0.15) is 11.4 Å². The summed E-state index contributed by atoms with van der Waals surface area (Å²) in [6.07, 6.45) is -2.12. The predicted molar refractivity (Wildman–Crippen MR) is 160 cm³/mol. The molecule has 4 atom stereocenters. The van der Waals surface area contributed by atoms with Crippen molar-refractivity contribution in [3.05, 3.63) is 35.5 Å². The third-order valence-corrected chi connectivity index (χ3v) is 9.50. The van der Waals surface area contributed by atoms with Crippen molar-refractivity contribution in [2.45, 2.75) is 83.1 Å². The van der Waals surface area contributed by atoms with Crippen LogP contribution >= 0.6 is 0 Å². The predicted octanol–water partition coefficient (Wildman–Crippen LogP) is 3.29. The maximum absolute atomic E-state index is 14.2. The van der Waals surface area contributed by atoms with Gasteiger partial charge in [-0.1, -0.05) is 0 Å². The van der Waals surface area contributed by atoms with Gasteiger partial charge >= 0.3 is 6.18 Å². The molecule has 0 radical (unpaired) electrons. The molecule has 3 aromatic heterocycles. The molecule has 17 heteroatoms. The minimum Gasteiger partial charge on any atom is -0.355 e. The lowest BCUT2D eigenvalue weighted by molar-refractivity contribution is -0.183. The first-order valence-corrected chi connectivity index (χ1v) is 16.1. The Balaban J connectivity index is 1.37. The molecule has 0 unspecified atom stereocenters. The van der Waals surface area contributed by atoms with Gasteiger partial charge in [0.15, 0.2) is 5.82 Å². The van der Waals surface area contributed by atoms with Crippen molar-refractivity contribution in [2.24, 2.45) is 17.8 Å². The van der Waals surface area contributed by atoms with Gasteiger partial charge in [-0.2, -0.15) is 28.4 Å². The molecule has 3 aromatic rings. The first-order chi connectivity index (χ1) is 22.3. The topological polar surface area (TPSA) is 134 Å². The summed E-state index contributed by atoms with van der Waals surface area (Å²) in [5.74, 6) is -6.05. The molecule has 2 amide bonds. The smallest absolute Gasteiger partial charge is 0.355 e. The monoisotopic (exact) mass is 666 g/mol. The maximum Gasteiger partial charge on any atom is 0.393 e. The first kappa shape index (κ1) is 33.0. The number of fused-ring (bicyclic) bond motifs is 1. The van der Waals surface area contributed by atoms with E-state index in [0.717, 1.165) is 0 Å². The Kier molecular flexibility index (Phi) is 9.11. The van der Waals surface area contributed by atoms with Crippen LogP contribution in [0.15, 0.2) is 18.5 Å². The van der Waals surface area contributed by atoms with Crippen molar-refractivity contribution in [3.8, 4) is 0 Å². The number of halogens is 5. The van der Waals surface area contributed by atoms with Crippen molar-refractivity contribution in [1.82, 2.24) is 45.3 Å². The molecular weight excluding hydrogens is 627 g/mol. The van der Waals surface area contributed by atoms with E-state index in [2.05, 4.69) is 21.0 Å². The number of carbonyl (C=O) groups excluding carboxylic acids is 2. The number of piperazine rings is 1. The molecule has 47 heavy (non-hydrogen) atoms. The Labute approximate surface area is 267 Å². The van der Waals surface area contributed by atoms with Gasteiger partial charge < -0.3 is 20.9 Å². The van der Waals surface area contributed by atoms with Gasteiger partial charge in [0.25, 0.3) is 11.7 Å². The molecule has 0 aromatic carbocycles. The maximum atomic E-state index is 14.2. The highest BCUT2D eigenvalue weighted by molar-refractivity contribution is 5.92. The standard InChI is InChI=1S/C30H39F5N10O2/c1-3-44-23(6-9-38-44)27(47)40-24(18-4-7-29(31,32)8-5-18)22-16-45-28(39-22)41-25(43-11-10-36-17(2)15-43)21(42-45)13-19-12-20(30(33,34)35)14-37-26(19)46/h6,9,16-20,24,36H,3-5,7-8,10-15H2,1-2H3,(H,37,46)(H,40,47)/t17-,19+,20+,24-/m0/s1. The minimum atomic E-state index is -4.45. The largest absolute Gasteiger partial charge is 0.393 e. The number of piperidine rings is 1. The lowest BCUT2D eigenvalue weighted by Gasteiger charge is -2.34. The number of amides is 2. The summed E-state index contributed by atoms with van der Waals surface area (Å²) in [4.78, 5) is 37.7. The van der Waals surface area contributed by atoms with E-state index in [-0.39, 0.29) is 56.3 Å². The van der Waals surface area contributed by atoms with Crippen molar-refractivity contribution in [2.75, 3.05) is 31.1 Å². The van der Waals surface area contributed by atoms with Gasteiger partial charge in [-0.25, -0.2) is 18.3 Å². The lowest BCUT2D eigenvalue weighted by atomic mass is 9.81. The molecule has 1 saturated carbocycles. The van der Waals surface area contributed by atoms with Gasteiger partial charge in [0, 0.05) is 70.1 Å². The number of nitrogens with one attached hydrogen (secondary N) is 3. The average molecular weight is 667 g/mol. The summed E-state index contributed by atoms with van der Waals surface area (Å²) < 4.78 is 72.1. The minimum absolute atomic E-state index is 0.0681. The number of nitrogens with zero attached hydrogens (tertiary/aromatic N) is 7. The van der Waals surface area contributed by atoms with Crippen LogP contribution in [0.25, 0.3) is 5.78 Å². The second-order valence-corrected chi connectivity index (χ2v) is 12.9. The van der Waals surface area contributed by atoms with Crippen molar-refractivity contribution in [1.29, 1.82) is 0 Å². The van der Waals surface area contributed by atoms with Gasteiger partial charge in [0.2, 0.25) is 11.8 Å². The number of aromatic nitrogens is 6. The van der Waals surface area contributed by atoms with E-state index in [1.807, 2.05) is 18.7 Å². The van der Waals surface area contributed by atoms with Crippen LogP contribution < -0.4 is 20.9 Å². The Hall–Kier alpha value is -3.89. The summed E-state index contributed by atoms with van der Waals surface area (Å²) in [5, 5.41) is 17.7.